The zero-order chi connectivity index (χ0) is 28.8. The second-order valence-corrected chi connectivity index (χ2v) is 8.43. The molecule has 0 aromatic heterocycles. The Bertz CT molecular complexity index is 1280. The molecule has 0 bridgehead atoms. The lowest BCUT2D eigenvalue weighted by Gasteiger charge is -2.05. The molecule has 0 saturated carbocycles. The zero-order valence-electron chi connectivity index (χ0n) is 23.2. The van der Waals surface area contributed by atoms with E-state index in [4.69, 9.17) is 14.2 Å². The number of hydrogen-bond donors (Lipinski definition) is 0. The van der Waals surface area contributed by atoms with E-state index < -0.39 is 0 Å². The SMILES string of the molecule is CC(=O)c1cccc(C(C)=O)c1.COc1ccc(-c2ccc(OC)cc2)cc1.COc1ccc(C(C)=O)cc1. The summed E-state index contributed by atoms with van der Waals surface area (Å²) in [5.74, 6) is 2.56. The summed E-state index contributed by atoms with van der Waals surface area (Å²) in [7, 11) is 4.94. The molecule has 202 valence electrons. The Hall–Kier alpha value is -4.71. The van der Waals surface area contributed by atoms with E-state index >= 15 is 0 Å². The van der Waals surface area contributed by atoms with Gasteiger partial charge >= 0.3 is 0 Å². The van der Waals surface area contributed by atoms with Gasteiger partial charge in [0.25, 0.3) is 0 Å². The summed E-state index contributed by atoms with van der Waals surface area (Å²) >= 11 is 0. The maximum absolute atomic E-state index is 10.9. The summed E-state index contributed by atoms with van der Waals surface area (Å²) in [6.07, 6.45) is 0. The minimum atomic E-state index is -0.0156. The second kappa shape index (κ2) is 15.5. The molecule has 0 spiro atoms. The first-order valence-corrected chi connectivity index (χ1v) is 12.2. The van der Waals surface area contributed by atoms with Gasteiger partial charge in [-0.2, -0.15) is 0 Å². The van der Waals surface area contributed by atoms with Gasteiger partial charge in [-0.25, -0.2) is 0 Å². The number of Topliss-reactive ketones (excluding diaryl/α,β-unsaturated/α-hetero) is 3. The van der Waals surface area contributed by atoms with Gasteiger partial charge in [-0.15, -0.1) is 0 Å². The molecule has 0 atom stereocenters. The Morgan fingerprint density at radius 1 is 0.436 bits per heavy atom. The van der Waals surface area contributed by atoms with E-state index in [2.05, 4.69) is 0 Å². The number of ketones is 3. The van der Waals surface area contributed by atoms with Crippen LogP contribution in [0.2, 0.25) is 0 Å². The molecule has 0 amide bonds. The first kappa shape index (κ1) is 30.5. The Balaban J connectivity index is 0.000000210. The molecule has 0 aliphatic heterocycles. The van der Waals surface area contributed by atoms with Crippen LogP contribution in [0.25, 0.3) is 11.1 Å². The van der Waals surface area contributed by atoms with Crippen LogP contribution in [0.4, 0.5) is 0 Å². The molecule has 4 rings (SSSR count). The van der Waals surface area contributed by atoms with Crippen molar-refractivity contribution in [3.8, 4) is 28.4 Å². The maximum Gasteiger partial charge on any atom is 0.159 e. The van der Waals surface area contributed by atoms with Crippen molar-refractivity contribution in [2.75, 3.05) is 21.3 Å². The summed E-state index contributed by atoms with van der Waals surface area (Å²) in [5.41, 5.74) is 4.23. The van der Waals surface area contributed by atoms with Gasteiger partial charge in [-0.1, -0.05) is 42.5 Å². The molecular weight excluding hydrogens is 492 g/mol. The highest BCUT2D eigenvalue weighted by atomic mass is 16.5. The predicted molar refractivity (Wildman–Crippen MR) is 154 cm³/mol. The zero-order valence-corrected chi connectivity index (χ0v) is 23.2. The van der Waals surface area contributed by atoms with Crippen molar-refractivity contribution in [3.63, 3.8) is 0 Å². The highest BCUT2D eigenvalue weighted by Gasteiger charge is 2.03. The van der Waals surface area contributed by atoms with Gasteiger partial charge in [0.15, 0.2) is 17.3 Å². The lowest BCUT2D eigenvalue weighted by molar-refractivity contribution is 0.100. The molecule has 0 radical (unpaired) electrons. The highest BCUT2D eigenvalue weighted by Crippen LogP contribution is 2.24. The van der Waals surface area contributed by atoms with Gasteiger partial charge in [-0.3, -0.25) is 14.4 Å². The van der Waals surface area contributed by atoms with Crippen LogP contribution in [0.1, 0.15) is 51.8 Å². The average Bonchev–Trinajstić information content (AvgIpc) is 2.98. The quantitative estimate of drug-likeness (QED) is 0.234. The van der Waals surface area contributed by atoms with Crippen LogP contribution in [0, 0.1) is 0 Å². The monoisotopic (exact) mass is 526 g/mol. The molecule has 0 aliphatic rings. The summed E-state index contributed by atoms with van der Waals surface area (Å²) in [6.45, 7) is 4.51. The minimum Gasteiger partial charge on any atom is -0.497 e. The number of rotatable bonds is 7. The van der Waals surface area contributed by atoms with Crippen LogP contribution < -0.4 is 14.2 Å². The number of hydrogen-bond acceptors (Lipinski definition) is 6. The second-order valence-electron chi connectivity index (χ2n) is 8.43. The first-order chi connectivity index (χ1) is 18.7. The Morgan fingerprint density at radius 3 is 1.03 bits per heavy atom. The molecule has 4 aromatic carbocycles. The lowest BCUT2D eigenvalue weighted by atomic mass is 10.1. The van der Waals surface area contributed by atoms with E-state index in [-0.39, 0.29) is 17.3 Å². The Labute approximate surface area is 230 Å². The van der Waals surface area contributed by atoms with Crippen molar-refractivity contribution < 1.29 is 28.6 Å². The largest absolute Gasteiger partial charge is 0.497 e. The molecule has 39 heavy (non-hydrogen) atoms. The van der Waals surface area contributed by atoms with E-state index in [0.29, 0.717) is 16.7 Å². The standard InChI is InChI=1S/C14H14O2.C10H10O2.C9H10O2/c1-15-13-7-3-11(4-8-13)12-5-9-14(16-2)10-6-12;1-7(11)9-4-3-5-10(6-9)8(2)12;1-7(10)8-3-5-9(11-2)6-4-8/h3-10H,1-2H3;3-6H,1-2H3;3-6H,1-2H3. The van der Waals surface area contributed by atoms with Crippen LogP contribution in [0.5, 0.6) is 17.2 Å². The topological polar surface area (TPSA) is 78.9 Å². The van der Waals surface area contributed by atoms with Gasteiger partial charge in [0.1, 0.15) is 17.2 Å². The molecular formula is C33H34O6. The molecule has 0 fully saturated rings. The molecule has 0 aliphatic carbocycles. The van der Waals surface area contributed by atoms with Crippen molar-refractivity contribution in [2.45, 2.75) is 20.8 Å². The highest BCUT2D eigenvalue weighted by molar-refractivity contribution is 5.99. The fourth-order valence-corrected chi connectivity index (χ4v) is 3.35. The van der Waals surface area contributed by atoms with Gasteiger partial charge in [0, 0.05) is 16.7 Å². The summed E-state index contributed by atoms with van der Waals surface area (Å²) in [5, 5.41) is 0. The van der Waals surface area contributed by atoms with Crippen LogP contribution in [-0.4, -0.2) is 38.7 Å². The van der Waals surface area contributed by atoms with Crippen molar-refractivity contribution in [1.29, 1.82) is 0 Å². The fourth-order valence-electron chi connectivity index (χ4n) is 3.35. The van der Waals surface area contributed by atoms with E-state index in [1.165, 1.54) is 25.0 Å². The predicted octanol–water partition coefficient (Wildman–Crippen LogP) is 7.36. The third kappa shape index (κ3) is 9.93. The lowest BCUT2D eigenvalue weighted by Crippen LogP contribution is -1.96. The van der Waals surface area contributed by atoms with Crippen LogP contribution in [0.3, 0.4) is 0 Å². The van der Waals surface area contributed by atoms with Crippen molar-refractivity contribution in [2.24, 2.45) is 0 Å². The van der Waals surface area contributed by atoms with E-state index in [1.54, 1.807) is 76.8 Å². The molecule has 0 unspecified atom stereocenters. The van der Waals surface area contributed by atoms with Crippen molar-refractivity contribution in [3.05, 3.63) is 114 Å². The molecule has 4 aromatic rings. The van der Waals surface area contributed by atoms with E-state index in [9.17, 15) is 14.4 Å². The number of carbonyl (C=O) groups is 3. The van der Waals surface area contributed by atoms with Crippen LogP contribution in [0.15, 0.2) is 97.1 Å². The molecule has 0 N–H and O–H groups in total. The number of methoxy groups -OCH3 is 3. The third-order valence-corrected chi connectivity index (χ3v) is 5.69. The van der Waals surface area contributed by atoms with Gasteiger partial charge in [-0.05, 0) is 86.5 Å². The summed E-state index contributed by atoms with van der Waals surface area (Å²) in [4.78, 5) is 32.6. The third-order valence-electron chi connectivity index (χ3n) is 5.69. The molecule has 6 nitrogen and oxygen atoms in total. The summed E-state index contributed by atoms with van der Waals surface area (Å²) in [6, 6.07) is 29.8. The fraction of sp³-hybridized carbons (Fsp3) is 0.182. The normalized spacial score (nSPS) is 9.59. The molecule has 0 heterocycles. The Morgan fingerprint density at radius 2 is 0.744 bits per heavy atom. The van der Waals surface area contributed by atoms with Crippen molar-refractivity contribution in [1.82, 2.24) is 0 Å². The summed E-state index contributed by atoms with van der Waals surface area (Å²) < 4.78 is 15.2. The van der Waals surface area contributed by atoms with Gasteiger partial charge in [0.05, 0.1) is 21.3 Å². The van der Waals surface area contributed by atoms with Crippen molar-refractivity contribution >= 4 is 17.3 Å². The smallest absolute Gasteiger partial charge is 0.159 e. The maximum atomic E-state index is 10.9. The number of benzene rings is 4. The van der Waals surface area contributed by atoms with Crippen LogP contribution >= 0.6 is 0 Å². The van der Waals surface area contributed by atoms with E-state index in [0.717, 1.165) is 17.2 Å². The van der Waals surface area contributed by atoms with Gasteiger partial charge in [0.2, 0.25) is 0 Å². The number of carbonyl (C=O) groups excluding carboxylic acids is 3. The first-order valence-electron chi connectivity index (χ1n) is 12.2. The Kier molecular flexibility index (Phi) is 12.1. The minimum absolute atomic E-state index is 0.0156. The van der Waals surface area contributed by atoms with E-state index in [1.807, 2.05) is 48.5 Å². The van der Waals surface area contributed by atoms with Gasteiger partial charge < -0.3 is 14.2 Å². The average molecular weight is 527 g/mol. The number of ether oxygens (including phenoxy) is 3. The molecule has 6 heteroatoms. The van der Waals surface area contributed by atoms with Crippen LogP contribution in [-0.2, 0) is 0 Å². The molecule has 0 saturated heterocycles.